The molecule has 4 nitrogen and oxygen atoms in total. The topological polar surface area (TPSA) is 47.6 Å². The van der Waals surface area contributed by atoms with Gasteiger partial charge in [-0.1, -0.05) is 25.1 Å². The minimum absolute atomic E-state index is 0.0440. The Morgan fingerprint density at radius 3 is 2.48 bits per heavy atom. The van der Waals surface area contributed by atoms with E-state index in [2.05, 4.69) is 11.9 Å². The fourth-order valence-corrected chi connectivity index (χ4v) is 1.99. The molecule has 1 rings (SSSR count). The highest BCUT2D eigenvalue weighted by Crippen LogP contribution is 2.22. The van der Waals surface area contributed by atoms with E-state index in [9.17, 15) is 4.79 Å². The van der Waals surface area contributed by atoms with E-state index < -0.39 is 7.12 Å². The molecule has 1 N–H and O–H groups in total. The zero-order valence-electron chi connectivity index (χ0n) is 13.9. The van der Waals surface area contributed by atoms with Crippen LogP contribution in [0.1, 0.15) is 40.5 Å². The molecular weight excluding hydrogens is 265 g/mol. The van der Waals surface area contributed by atoms with Crippen LogP contribution in [0.2, 0.25) is 0 Å². The summed E-state index contributed by atoms with van der Waals surface area (Å²) in [5.41, 5.74) is -0.282. The van der Waals surface area contributed by atoms with Gasteiger partial charge in [-0.3, -0.25) is 4.79 Å². The van der Waals surface area contributed by atoms with E-state index >= 15 is 0 Å². The lowest BCUT2D eigenvalue weighted by molar-refractivity contribution is -0.124. The number of carbonyl (C=O) groups is 1. The number of amides is 1. The Morgan fingerprint density at radius 1 is 1.43 bits per heavy atom. The molecule has 21 heavy (non-hydrogen) atoms. The van der Waals surface area contributed by atoms with Crippen LogP contribution in [0.4, 0.5) is 0 Å². The van der Waals surface area contributed by atoms with Gasteiger partial charge in [0, 0.05) is 18.8 Å². The zero-order chi connectivity index (χ0) is 16.0. The van der Waals surface area contributed by atoms with Crippen LogP contribution in [0.15, 0.2) is 24.7 Å². The maximum Gasteiger partial charge on any atom is 0.485 e. The zero-order valence-corrected chi connectivity index (χ0v) is 13.9. The summed E-state index contributed by atoms with van der Waals surface area (Å²) in [7, 11) is 1.19. The second-order valence-corrected chi connectivity index (χ2v) is 6.62. The molecule has 1 aliphatic carbocycles. The van der Waals surface area contributed by atoms with Crippen molar-refractivity contribution >= 4 is 13.0 Å². The van der Waals surface area contributed by atoms with Gasteiger partial charge in [-0.2, -0.15) is 0 Å². The van der Waals surface area contributed by atoms with Crippen molar-refractivity contribution in [3.63, 3.8) is 0 Å². The number of rotatable bonds is 8. The van der Waals surface area contributed by atoms with Gasteiger partial charge in [0.05, 0.1) is 5.92 Å². The molecule has 5 heteroatoms. The molecule has 0 aromatic carbocycles. The lowest BCUT2D eigenvalue weighted by Gasteiger charge is -2.23. The highest BCUT2D eigenvalue weighted by Gasteiger charge is 2.28. The SMILES string of the molecule is C=C[C@H](C(=O)NC1CC1)[C@H](C)/C=C/B(OC)OC(C)(C)C. The number of carbonyl (C=O) groups excluding carboxylic acids is 1. The molecule has 0 spiro atoms. The summed E-state index contributed by atoms with van der Waals surface area (Å²) in [6, 6.07) is 0.368. The molecule has 1 aliphatic rings. The Bertz CT molecular complexity index is 385. The molecule has 0 radical (unpaired) electrons. The fourth-order valence-electron chi connectivity index (χ4n) is 1.99. The first-order chi connectivity index (χ1) is 9.76. The van der Waals surface area contributed by atoms with E-state index in [1.807, 2.05) is 39.7 Å². The fraction of sp³-hybridized carbons (Fsp3) is 0.688. The third-order valence-corrected chi connectivity index (χ3v) is 3.32. The van der Waals surface area contributed by atoms with Crippen LogP contribution in [0.5, 0.6) is 0 Å². The third-order valence-electron chi connectivity index (χ3n) is 3.32. The highest BCUT2D eigenvalue weighted by atomic mass is 16.6. The van der Waals surface area contributed by atoms with Crippen LogP contribution < -0.4 is 5.32 Å². The standard InChI is InChI=1S/C16H28BNO3/c1-7-14(15(19)18-13-8-9-13)12(2)10-11-17(20-6)21-16(3,4)5/h7,10-14H,1,8-9H2,2-6H3,(H,18,19)/b11-10+/t12-,14+/m1/s1. The normalized spacial score (nSPS) is 18.3. The van der Waals surface area contributed by atoms with Gasteiger partial charge in [-0.05, 0) is 39.5 Å². The lowest BCUT2D eigenvalue weighted by Crippen LogP contribution is -2.34. The number of hydrogen-bond donors (Lipinski definition) is 1. The number of hydrogen-bond acceptors (Lipinski definition) is 3. The first-order valence-electron chi connectivity index (χ1n) is 7.58. The van der Waals surface area contributed by atoms with Gasteiger partial charge in [0.15, 0.2) is 0 Å². The summed E-state index contributed by atoms with van der Waals surface area (Å²) in [6.07, 6.45) is 5.84. The van der Waals surface area contributed by atoms with Crippen molar-refractivity contribution < 1.29 is 14.1 Å². The second-order valence-electron chi connectivity index (χ2n) is 6.62. The number of nitrogens with one attached hydrogen (secondary N) is 1. The molecule has 2 atom stereocenters. The Hall–Kier alpha value is -1.07. The van der Waals surface area contributed by atoms with Crippen molar-refractivity contribution in [3.8, 4) is 0 Å². The van der Waals surface area contributed by atoms with Crippen molar-refractivity contribution in [3.05, 3.63) is 24.7 Å². The highest BCUT2D eigenvalue weighted by molar-refractivity contribution is 6.50. The quantitative estimate of drug-likeness (QED) is 0.553. The second kappa shape index (κ2) is 7.80. The maximum absolute atomic E-state index is 12.1. The van der Waals surface area contributed by atoms with Crippen LogP contribution in [0, 0.1) is 11.8 Å². The largest absolute Gasteiger partial charge is 0.485 e. The van der Waals surface area contributed by atoms with Crippen LogP contribution in [0.3, 0.4) is 0 Å². The van der Waals surface area contributed by atoms with Crippen LogP contribution in [0.25, 0.3) is 0 Å². The van der Waals surface area contributed by atoms with Gasteiger partial charge in [-0.15, -0.1) is 6.58 Å². The average Bonchev–Trinajstić information content (AvgIpc) is 3.17. The summed E-state index contributed by atoms with van der Waals surface area (Å²) in [4.78, 5) is 12.1. The Labute approximate surface area is 129 Å². The molecule has 0 bridgehead atoms. The van der Waals surface area contributed by atoms with E-state index in [-0.39, 0.29) is 23.3 Å². The minimum atomic E-state index is -0.413. The molecule has 0 aliphatic heterocycles. The molecule has 0 saturated heterocycles. The van der Waals surface area contributed by atoms with Gasteiger partial charge in [0.25, 0.3) is 0 Å². The van der Waals surface area contributed by atoms with Crippen molar-refractivity contribution in [2.75, 3.05) is 7.11 Å². The molecule has 0 aromatic rings. The van der Waals surface area contributed by atoms with E-state index in [0.29, 0.717) is 6.04 Å². The smallest absolute Gasteiger partial charge is 0.410 e. The molecule has 0 unspecified atom stereocenters. The Kier molecular flexibility index (Phi) is 6.68. The maximum atomic E-state index is 12.1. The number of allylic oxidation sites excluding steroid dienone is 1. The molecule has 0 aromatic heterocycles. The van der Waals surface area contributed by atoms with Crippen molar-refractivity contribution in [2.45, 2.75) is 52.2 Å². The van der Waals surface area contributed by atoms with Crippen molar-refractivity contribution in [2.24, 2.45) is 11.8 Å². The Balaban J connectivity index is 2.57. The summed E-state index contributed by atoms with van der Waals surface area (Å²) in [6.45, 7) is 11.7. The first kappa shape index (κ1) is 18.0. The molecule has 1 amide bonds. The van der Waals surface area contributed by atoms with E-state index in [1.165, 1.54) is 0 Å². The summed E-state index contributed by atoms with van der Waals surface area (Å²) < 4.78 is 11.0. The summed E-state index contributed by atoms with van der Waals surface area (Å²) in [5.74, 6) is 1.73. The van der Waals surface area contributed by atoms with Gasteiger partial charge in [0.1, 0.15) is 0 Å². The van der Waals surface area contributed by atoms with E-state index in [1.54, 1.807) is 13.2 Å². The van der Waals surface area contributed by atoms with Gasteiger partial charge in [-0.25, -0.2) is 0 Å². The molecule has 118 valence electrons. The van der Waals surface area contributed by atoms with Gasteiger partial charge in [0.2, 0.25) is 5.91 Å². The predicted molar refractivity (Wildman–Crippen MR) is 86.8 cm³/mol. The Morgan fingerprint density at radius 2 is 2.05 bits per heavy atom. The first-order valence-corrected chi connectivity index (χ1v) is 7.58. The monoisotopic (exact) mass is 293 g/mol. The van der Waals surface area contributed by atoms with E-state index in [4.69, 9.17) is 9.31 Å². The van der Waals surface area contributed by atoms with Crippen LogP contribution in [-0.4, -0.2) is 31.8 Å². The third kappa shape index (κ3) is 6.96. The van der Waals surface area contributed by atoms with Gasteiger partial charge < -0.3 is 14.6 Å². The van der Waals surface area contributed by atoms with Crippen LogP contribution in [-0.2, 0) is 14.1 Å². The summed E-state index contributed by atoms with van der Waals surface area (Å²) >= 11 is 0. The molecule has 0 heterocycles. The minimum Gasteiger partial charge on any atom is -0.410 e. The van der Waals surface area contributed by atoms with Crippen molar-refractivity contribution in [1.29, 1.82) is 0 Å². The lowest BCUT2D eigenvalue weighted by atomic mass is 9.83. The van der Waals surface area contributed by atoms with Gasteiger partial charge >= 0.3 is 7.12 Å². The van der Waals surface area contributed by atoms with E-state index in [0.717, 1.165) is 12.8 Å². The van der Waals surface area contributed by atoms with Crippen LogP contribution >= 0.6 is 0 Å². The predicted octanol–water partition coefficient (Wildman–Crippen LogP) is 2.75. The summed E-state index contributed by atoms with van der Waals surface area (Å²) in [5, 5.41) is 3.02. The molecular formula is C16H28BNO3. The molecule has 1 fully saturated rings. The average molecular weight is 293 g/mol. The molecule has 1 saturated carbocycles. The van der Waals surface area contributed by atoms with Crippen molar-refractivity contribution in [1.82, 2.24) is 5.32 Å².